The maximum absolute atomic E-state index is 11.7. The number of esters is 1. The second kappa shape index (κ2) is 9.97. The van der Waals surface area contributed by atoms with E-state index in [-0.39, 0.29) is 11.8 Å². The van der Waals surface area contributed by atoms with Crippen LogP contribution in [0.5, 0.6) is 0 Å². The molecular weight excluding hydrogens is 328 g/mol. The number of nitrogens with one attached hydrogen (secondary N) is 2. The molecule has 1 atom stereocenters. The summed E-state index contributed by atoms with van der Waals surface area (Å²) in [6.45, 7) is 7.00. The van der Waals surface area contributed by atoms with E-state index in [4.69, 9.17) is 4.74 Å². The Hall–Kier alpha value is -2.02. The molecule has 0 spiro atoms. The number of amides is 3. The highest BCUT2D eigenvalue weighted by molar-refractivity contribution is 7.99. The lowest BCUT2D eigenvalue weighted by atomic mass is 10.2. The second-order valence-electron chi connectivity index (χ2n) is 5.73. The van der Waals surface area contributed by atoms with Crippen molar-refractivity contribution in [3.63, 3.8) is 0 Å². The van der Waals surface area contributed by atoms with E-state index in [0.717, 1.165) is 5.56 Å². The van der Waals surface area contributed by atoms with Gasteiger partial charge in [0.05, 0.1) is 5.75 Å². The average Bonchev–Trinajstić information content (AvgIpc) is 2.48. The van der Waals surface area contributed by atoms with Crippen LogP contribution in [-0.4, -0.2) is 35.8 Å². The number of aryl methyl sites for hydroxylation is 1. The van der Waals surface area contributed by atoms with E-state index in [0.29, 0.717) is 5.75 Å². The second-order valence-corrected chi connectivity index (χ2v) is 6.71. The fourth-order valence-electron chi connectivity index (χ4n) is 1.73. The Morgan fingerprint density at radius 2 is 1.75 bits per heavy atom. The molecule has 1 rings (SSSR count). The summed E-state index contributed by atoms with van der Waals surface area (Å²) in [5.74, 6) is -0.305. The zero-order chi connectivity index (χ0) is 18.1. The largest absolute Gasteiger partial charge is 0.452 e. The van der Waals surface area contributed by atoms with Crippen molar-refractivity contribution in [3.05, 3.63) is 35.4 Å². The van der Waals surface area contributed by atoms with Gasteiger partial charge in [-0.05, 0) is 33.3 Å². The molecule has 0 saturated heterocycles. The van der Waals surface area contributed by atoms with E-state index in [1.54, 1.807) is 13.8 Å². The minimum Gasteiger partial charge on any atom is -0.452 e. The standard InChI is InChI=1S/C17H24N2O4S/c1-11(2)18-17(22)19-16(21)13(4)23-15(20)10-24-9-14-7-5-12(3)6-8-14/h5-8,11,13H,9-10H2,1-4H3,(H2,18,19,21,22)/t13-/m1/s1. The third kappa shape index (κ3) is 8.01. The molecule has 132 valence electrons. The van der Waals surface area contributed by atoms with Crippen molar-refractivity contribution in [3.8, 4) is 0 Å². The Balaban J connectivity index is 2.29. The summed E-state index contributed by atoms with van der Waals surface area (Å²) in [6.07, 6.45) is -1.02. The van der Waals surface area contributed by atoms with Crippen molar-refractivity contribution in [2.75, 3.05) is 5.75 Å². The predicted octanol–water partition coefficient (Wildman–Crippen LogP) is 2.39. The van der Waals surface area contributed by atoms with Crippen molar-refractivity contribution in [1.82, 2.24) is 10.6 Å². The van der Waals surface area contributed by atoms with Gasteiger partial charge in [0.25, 0.3) is 5.91 Å². The summed E-state index contributed by atoms with van der Waals surface area (Å²) < 4.78 is 5.02. The van der Waals surface area contributed by atoms with Gasteiger partial charge in [-0.3, -0.25) is 14.9 Å². The van der Waals surface area contributed by atoms with Crippen LogP contribution in [0.1, 0.15) is 31.9 Å². The van der Waals surface area contributed by atoms with Gasteiger partial charge >= 0.3 is 12.0 Å². The van der Waals surface area contributed by atoms with Crippen LogP contribution in [0.3, 0.4) is 0 Å². The summed E-state index contributed by atoms with van der Waals surface area (Å²) in [6, 6.07) is 7.36. The third-order valence-corrected chi connectivity index (χ3v) is 3.92. The molecular formula is C17H24N2O4S. The Labute approximate surface area is 146 Å². The first kappa shape index (κ1) is 20.0. The third-order valence-electron chi connectivity index (χ3n) is 2.94. The highest BCUT2D eigenvalue weighted by atomic mass is 32.2. The number of hydrogen-bond donors (Lipinski definition) is 2. The van der Waals surface area contributed by atoms with Crippen molar-refractivity contribution in [2.45, 2.75) is 45.6 Å². The number of carbonyl (C=O) groups excluding carboxylic acids is 3. The Bertz CT molecular complexity index is 572. The van der Waals surface area contributed by atoms with Gasteiger partial charge in [0.15, 0.2) is 6.10 Å². The molecule has 0 aliphatic carbocycles. The monoisotopic (exact) mass is 352 g/mol. The average molecular weight is 352 g/mol. The first-order chi connectivity index (χ1) is 11.3. The smallest absolute Gasteiger partial charge is 0.321 e. The summed E-state index contributed by atoms with van der Waals surface area (Å²) in [5, 5.41) is 4.65. The number of thioether (sulfide) groups is 1. The van der Waals surface area contributed by atoms with Crippen LogP contribution in [0.15, 0.2) is 24.3 Å². The van der Waals surface area contributed by atoms with Crippen molar-refractivity contribution >= 4 is 29.7 Å². The van der Waals surface area contributed by atoms with E-state index in [2.05, 4.69) is 10.6 Å². The maximum Gasteiger partial charge on any atom is 0.321 e. The maximum atomic E-state index is 11.7. The molecule has 7 heteroatoms. The van der Waals surface area contributed by atoms with Gasteiger partial charge in [-0.1, -0.05) is 29.8 Å². The summed E-state index contributed by atoms with van der Waals surface area (Å²) in [7, 11) is 0. The van der Waals surface area contributed by atoms with Crippen LogP contribution < -0.4 is 10.6 Å². The van der Waals surface area contributed by atoms with Gasteiger partial charge in [0.1, 0.15) is 0 Å². The fraction of sp³-hybridized carbons (Fsp3) is 0.471. The first-order valence-corrected chi connectivity index (χ1v) is 8.87. The topological polar surface area (TPSA) is 84.5 Å². The zero-order valence-corrected chi connectivity index (χ0v) is 15.2. The van der Waals surface area contributed by atoms with E-state index >= 15 is 0 Å². The number of ether oxygens (including phenoxy) is 1. The van der Waals surface area contributed by atoms with Crippen molar-refractivity contribution in [1.29, 1.82) is 0 Å². The minimum absolute atomic E-state index is 0.0890. The molecule has 0 aliphatic heterocycles. The van der Waals surface area contributed by atoms with Crippen LogP contribution in [-0.2, 0) is 20.1 Å². The number of urea groups is 1. The molecule has 0 fully saturated rings. The first-order valence-electron chi connectivity index (χ1n) is 7.72. The lowest BCUT2D eigenvalue weighted by Crippen LogP contribution is -2.46. The molecule has 24 heavy (non-hydrogen) atoms. The van der Waals surface area contributed by atoms with Gasteiger partial charge in [0, 0.05) is 11.8 Å². The Morgan fingerprint density at radius 3 is 2.33 bits per heavy atom. The van der Waals surface area contributed by atoms with Crippen LogP contribution in [0, 0.1) is 6.92 Å². The summed E-state index contributed by atoms with van der Waals surface area (Å²) in [5.41, 5.74) is 2.30. The summed E-state index contributed by atoms with van der Waals surface area (Å²) in [4.78, 5) is 34.9. The van der Waals surface area contributed by atoms with Crippen LogP contribution in [0.4, 0.5) is 4.79 Å². The molecule has 0 bridgehead atoms. The van der Waals surface area contributed by atoms with E-state index in [1.807, 2.05) is 31.2 Å². The molecule has 0 saturated carbocycles. The van der Waals surface area contributed by atoms with Crippen LogP contribution in [0.25, 0.3) is 0 Å². The van der Waals surface area contributed by atoms with Gasteiger partial charge < -0.3 is 10.1 Å². The van der Waals surface area contributed by atoms with Gasteiger partial charge in [-0.25, -0.2) is 4.79 Å². The van der Waals surface area contributed by atoms with E-state index in [9.17, 15) is 14.4 Å². The minimum atomic E-state index is -1.02. The lowest BCUT2D eigenvalue weighted by Gasteiger charge is -2.14. The Morgan fingerprint density at radius 1 is 1.12 bits per heavy atom. The van der Waals surface area contributed by atoms with Crippen molar-refractivity contribution in [2.24, 2.45) is 0 Å². The van der Waals surface area contributed by atoms with Crippen LogP contribution in [0.2, 0.25) is 0 Å². The van der Waals surface area contributed by atoms with Crippen LogP contribution >= 0.6 is 11.8 Å². The lowest BCUT2D eigenvalue weighted by molar-refractivity contribution is -0.151. The SMILES string of the molecule is Cc1ccc(CSCC(=O)O[C@H](C)C(=O)NC(=O)NC(C)C)cc1. The molecule has 0 unspecified atom stereocenters. The van der Waals surface area contributed by atoms with Gasteiger partial charge in [-0.15, -0.1) is 11.8 Å². The molecule has 0 radical (unpaired) electrons. The normalized spacial score (nSPS) is 11.7. The fourth-order valence-corrected chi connectivity index (χ4v) is 2.50. The highest BCUT2D eigenvalue weighted by Gasteiger charge is 2.20. The molecule has 1 aromatic rings. The van der Waals surface area contributed by atoms with E-state index < -0.39 is 24.0 Å². The number of benzene rings is 1. The summed E-state index contributed by atoms with van der Waals surface area (Å²) >= 11 is 1.41. The Kier molecular flexibility index (Phi) is 8.32. The quantitative estimate of drug-likeness (QED) is 0.736. The van der Waals surface area contributed by atoms with Gasteiger partial charge in [0.2, 0.25) is 0 Å². The molecule has 0 heterocycles. The molecule has 6 nitrogen and oxygen atoms in total. The molecule has 0 aromatic heterocycles. The molecule has 0 aliphatic rings. The number of rotatable bonds is 7. The number of carbonyl (C=O) groups is 3. The molecule has 3 amide bonds. The number of hydrogen-bond acceptors (Lipinski definition) is 5. The molecule has 2 N–H and O–H groups in total. The highest BCUT2D eigenvalue weighted by Crippen LogP contribution is 2.13. The molecule has 1 aromatic carbocycles. The van der Waals surface area contributed by atoms with Gasteiger partial charge in [-0.2, -0.15) is 0 Å². The zero-order valence-electron chi connectivity index (χ0n) is 14.4. The number of imide groups is 1. The van der Waals surface area contributed by atoms with E-state index in [1.165, 1.54) is 24.2 Å². The van der Waals surface area contributed by atoms with Crippen molar-refractivity contribution < 1.29 is 19.1 Å². The predicted molar refractivity (Wildman–Crippen MR) is 94.7 cm³/mol.